The van der Waals surface area contributed by atoms with E-state index in [0.29, 0.717) is 50.8 Å². The summed E-state index contributed by atoms with van der Waals surface area (Å²) in [5.74, 6) is -14.3. The number of unbranched alkanes of at least 4 members (excludes halogenated alkanes) is 2. The number of fused-ring (bicyclic) bond motifs is 2. The van der Waals surface area contributed by atoms with E-state index in [0.717, 1.165) is 19.3 Å². The third kappa shape index (κ3) is 30.0. The lowest BCUT2D eigenvalue weighted by Gasteiger charge is -2.31. The Kier molecular flexibility index (Phi) is 37.9. The van der Waals surface area contributed by atoms with E-state index in [9.17, 15) is 77.3 Å². The zero-order valence-corrected chi connectivity index (χ0v) is 65.6. The third-order valence-corrected chi connectivity index (χ3v) is 19.5. The number of H-pyrrole nitrogens is 2. The number of carbonyl (C=O) groups is 15. The van der Waals surface area contributed by atoms with Gasteiger partial charge in [-0.25, -0.2) is 0 Å². The van der Waals surface area contributed by atoms with E-state index in [4.69, 9.17) is 27.7 Å². The number of hydrogen-bond donors (Lipinski definition) is 21. The van der Waals surface area contributed by atoms with Crippen molar-refractivity contribution < 1.29 is 86.9 Å². The number of aliphatic hydroxyl groups is 1. The van der Waals surface area contributed by atoms with Gasteiger partial charge in [-0.3, -0.25) is 71.9 Å². The quantitative estimate of drug-likeness (QED) is 0.0139. The highest BCUT2D eigenvalue weighted by Gasteiger charge is 2.40. The lowest BCUT2D eigenvalue weighted by Crippen LogP contribution is -2.63. The Morgan fingerprint density at radius 2 is 1.03 bits per heavy atom. The maximum absolute atomic E-state index is 15.0. The fraction of sp³-hybridized carbons (Fsp3) is 0.526. The first kappa shape index (κ1) is 92.3. The number of cyclic esters (lactones) is 1. The molecule has 3 aromatic carbocycles. The molecule has 1 aliphatic heterocycles. The fourth-order valence-corrected chi connectivity index (χ4v) is 12.8. The van der Waals surface area contributed by atoms with Crippen LogP contribution in [0.2, 0.25) is 0 Å². The molecule has 1 fully saturated rings. The number of amides is 14. The highest BCUT2D eigenvalue weighted by atomic mass is 16.5. The zero-order chi connectivity index (χ0) is 84.3. The van der Waals surface area contributed by atoms with Crippen LogP contribution < -0.4 is 92.1 Å². The topological polar surface area (TPSA) is 598 Å². The number of phenols is 1. The van der Waals surface area contributed by atoms with Gasteiger partial charge in [0, 0.05) is 59.9 Å². The standard InChI is InChI=1S/C78H113N19O18/c1-6-44(4)67-77(113)95-60(36-62(82)100)70(106)86-39-64(102)85-41-66(104)115-45(5)68(78(114)96-67)97-75(111)59(35-48-38-84-53-21-13-11-19-51(48)53)93-71(107)55(23-15-31-80)88-65(103)40-87-69(105)54(22-14-30-79)90-72(108)56(24-16-32-81)91-74(110)58(34-47-37-83-52-20-12-10-18-50(47)52)94-73(109)57(33-46-26-28-49(99)29-27-46)92-76(112)61(42-98)89-63(101)25-9-7-8-17-43(2)3/h10-13,18-21,26-29,37-38,43-45,54-61,67-68,83-84,98-99H,6-9,14-17,22-25,30-36,39-42,79-81H2,1-5H3,(H2,82,100)(H,85,102)(H,86,106)(H,87,105)(H,88,103)(H,89,101)(H,90,108)(H,91,110)(H,92,112)(H,93,107)(H,94,109)(H,95,113)(H,96,114)(H,97,111). The van der Waals surface area contributed by atoms with Crippen LogP contribution in [-0.2, 0) is 95.9 Å². The van der Waals surface area contributed by atoms with Crippen molar-refractivity contribution in [1.82, 2.24) is 79.1 Å². The molecule has 0 aliphatic carbocycles. The van der Waals surface area contributed by atoms with Crippen LogP contribution in [0.1, 0.15) is 135 Å². The Morgan fingerprint density at radius 3 is 1.56 bits per heavy atom. The lowest BCUT2D eigenvalue weighted by molar-refractivity contribution is -0.153. The van der Waals surface area contributed by atoms with Crippen LogP contribution in [-0.4, -0.2) is 221 Å². The molecule has 14 amide bonds. The number of carbonyl (C=O) groups excluding carboxylic acids is 15. The van der Waals surface area contributed by atoms with Crippen LogP contribution in [0.5, 0.6) is 5.75 Å². The maximum atomic E-state index is 15.0. The van der Waals surface area contributed by atoms with E-state index in [2.05, 4.69) is 92.9 Å². The Morgan fingerprint density at radius 1 is 0.530 bits per heavy atom. The van der Waals surface area contributed by atoms with Gasteiger partial charge in [0.25, 0.3) is 0 Å². The lowest BCUT2D eigenvalue weighted by atomic mass is 9.96. The summed E-state index contributed by atoms with van der Waals surface area (Å²) < 4.78 is 5.56. The van der Waals surface area contributed by atoms with Crippen LogP contribution in [0.4, 0.5) is 0 Å². The molecule has 3 heterocycles. The Hall–Kier alpha value is -11.6. The van der Waals surface area contributed by atoms with Crippen LogP contribution in [0.25, 0.3) is 21.8 Å². The minimum atomic E-state index is -1.87. The van der Waals surface area contributed by atoms with E-state index in [1.807, 2.05) is 0 Å². The average Bonchev–Trinajstić information content (AvgIpc) is 1.73. The summed E-state index contributed by atoms with van der Waals surface area (Å²) in [6.45, 7) is 5.65. The van der Waals surface area contributed by atoms with Gasteiger partial charge in [0.15, 0.2) is 0 Å². The fourth-order valence-electron chi connectivity index (χ4n) is 12.8. The average molecular weight is 1600 g/mol. The number of para-hydroxylation sites is 2. The molecule has 2 aromatic heterocycles. The monoisotopic (exact) mass is 1600 g/mol. The van der Waals surface area contributed by atoms with Gasteiger partial charge in [0.2, 0.25) is 82.7 Å². The SMILES string of the molecule is CCC(C)C1NC(=O)C(NC(=O)C(Cc2c[nH]c3ccccc23)NC(=O)C(CCCN)NC(=O)CNC(=O)C(CCCN)NC(=O)C(CCCN)NC(=O)C(Cc2c[nH]c3ccccc23)NC(=O)C(Cc2ccc(O)cc2)NC(=O)C(CO)NC(=O)CCCCCC(C)C)C(C)OC(=O)CNC(=O)CNC(=O)C(CC(N)=O)NC1=O. The summed E-state index contributed by atoms with van der Waals surface area (Å²) >= 11 is 0. The summed E-state index contributed by atoms with van der Waals surface area (Å²) in [6.07, 6.45) is 3.82. The van der Waals surface area contributed by atoms with Crippen LogP contribution in [0.3, 0.4) is 0 Å². The highest BCUT2D eigenvalue weighted by molar-refractivity contribution is 6.01. The van der Waals surface area contributed by atoms with Crippen molar-refractivity contribution in [2.45, 2.75) is 204 Å². The van der Waals surface area contributed by atoms with Gasteiger partial charge in [-0.05, 0) is 124 Å². The molecule has 115 heavy (non-hydrogen) atoms. The summed E-state index contributed by atoms with van der Waals surface area (Å²) in [6, 6.07) is 4.50. The second-order valence-electron chi connectivity index (χ2n) is 29.0. The number of nitrogens with two attached hydrogens (primary N) is 4. The molecule has 628 valence electrons. The van der Waals surface area contributed by atoms with Crippen molar-refractivity contribution in [3.05, 3.63) is 102 Å². The van der Waals surface area contributed by atoms with Gasteiger partial charge in [0.1, 0.15) is 78.8 Å². The predicted octanol–water partition coefficient (Wildman–Crippen LogP) is -2.74. The number of aromatic nitrogens is 2. The Balaban J connectivity index is 1.22. The number of nitrogens with one attached hydrogen (secondary N) is 15. The molecule has 12 atom stereocenters. The minimum Gasteiger partial charge on any atom is -0.508 e. The second kappa shape index (κ2) is 47.2. The van der Waals surface area contributed by atoms with E-state index in [1.54, 1.807) is 74.8 Å². The molecule has 37 nitrogen and oxygen atoms in total. The van der Waals surface area contributed by atoms with Crippen molar-refractivity contribution in [2.24, 2.45) is 34.8 Å². The van der Waals surface area contributed by atoms with E-state index in [1.165, 1.54) is 31.2 Å². The summed E-state index contributed by atoms with van der Waals surface area (Å²) in [5, 5.41) is 54.9. The summed E-state index contributed by atoms with van der Waals surface area (Å²) in [4.78, 5) is 216. The molecule has 37 heteroatoms. The molecular formula is C78H113N19O18. The van der Waals surface area contributed by atoms with Crippen LogP contribution in [0.15, 0.2) is 85.2 Å². The first-order chi connectivity index (χ1) is 54.9. The molecular weight excluding hydrogens is 1490 g/mol. The number of benzene rings is 3. The molecule has 12 unspecified atom stereocenters. The Labute approximate surface area is 665 Å². The first-order valence-corrected chi connectivity index (χ1v) is 38.9. The van der Waals surface area contributed by atoms with Gasteiger partial charge < -0.3 is 117 Å². The van der Waals surface area contributed by atoms with Crippen molar-refractivity contribution in [1.29, 1.82) is 0 Å². The third-order valence-electron chi connectivity index (χ3n) is 19.5. The van der Waals surface area contributed by atoms with Crippen LogP contribution in [0, 0.1) is 11.8 Å². The molecule has 0 bridgehead atoms. The van der Waals surface area contributed by atoms with Gasteiger partial charge in [-0.1, -0.05) is 102 Å². The molecule has 6 rings (SSSR count). The molecule has 0 spiro atoms. The number of rotatable bonds is 43. The van der Waals surface area contributed by atoms with Gasteiger partial charge in [-0.2, -0.15) is 0 Å². The second-order valence-corrected chi connectivity index (χ2v) is 29.0. The van der Waals surface area contributed by atoms with Gasteiger partial charge in [-0.15, -0.1) is 0 Å². The summed E-state index contributed by atoms with van der Waals surface area (Å²) in [7, 11) is 0. The molecule has 0 radical (unpaired) electrons. The van der Waals surface area contributed by atoms with Crippen molar-refractivity contribution in [3.63, 3.8) is 0 Å². The Bertz CT molecular complexity index is 4150. The number of aromatic amines is 2. The van der Waals surface area contributed by atoms with E-state index >= 15 is 4.79 Å². The summed E-state index contributed by atoms with van der Waals surface area (Å²) in [5.41, 5.74) is 26.0. The number of aromatic hydroxyl groups is 1. The molecule has 1 aliphatic rings. The molecule has 1 saturated heterocycles. The van der Waals surface area contributed by atoms with Crippen LogP contribution >= 0.6 is 0 Å². The van der Waals surface area contributed by atoms with E-state index < -0.39 is 194 Å². The highest BCUT2D eigenvalue weighted by Crippen LogP contribution is 2.23. The number of phenolic OH excluding ortho intramolecular Hbond substituents is 1. The van der Waals surface area contributed by atoms with Crippen molar-refractivity contribution >= 4 is 110 Å². The number of hydrogen-bond acceptors (Lipinski definition) is 21. The van der Waals surface area contributed by atoms with Gasteiger partial charge in [0.05, 0.1) is 26.1 Å². The first-order valence-electron chi connectivity index (χ1n) is 38.9. The van der Waals surface area contributed by atoms with Crippen molar-refractivity contribution in [2.75, 3.05) is 45.9 Å². The largest absolute Gasteiger partial charge is 0.508 e. The predicted molar refractivity (Wildman–Crippen MR) is 423 cm³/mol. The minimum absolute atomic E-state index is 0.00670. The molecule has 5 aromatic rings. The molecule has 25 N–H and O–H groups in total. The zero-order valence-electron chi connectivity index (χ0n) is 65.6. The number of aliphatic hydroxyl groups excluding tert-OH is 1. The molecule has 0 saturated carbocycles. The number of ether oxygens (including phenoxy) is 1. The number of esters is 1. The van der Waals surface area contributed by atoms with Crippen molar-refractivity contribution in [3.8, 4) is 5.75 Å². The van der Waals surface area contributed by atoms with E-state index in [-0.39, 0.29) is 96.0 Å². The smallest absolute Gasteiger partial charge is 0.325 e. The number of primary amides is 1. The maximum Gasteiger partial charge on any atom is 0.325 e. The normalized spacial score (nSPS) is 17.7. The van der Waals surface area contributed by atoms with Gasteiger partial charge >= 0.3 is 5.97 Å².